The molecule has 0 aliphatic heterocycles. The van der Waals surface area contributed by atoms with Crippen LogP contribution in [0.3, 0.4) is 0 Å². The monoisotopic (exact) mass is 381 g/mol. The van der Waals surface area contributed by atoms with Crippen molar-refractivity contribution in [3.05, 3.63) is 65.2 Å². The van der Waals surface area contributed by atoms with E-state index in [1.165, 1.54) is 0 Å². The molecule has 0 fully saturated rings. The second-order valence-corrected chi connectivity index (χ2v) is 7.24. The lowest BCUT2D eigenvalue weighted by molar-refractivity contribution is -0.136. The molecule has 1 N–H and O–H groups in total. The molecule has 0 heterocycles. The van der Waals surface area contributed by atoms with Gasteiger partial charge in [-0.1, -0.05) is 48.5 Å². The standard InChI is InChI=1S/C23H31N3O2/c1-6-26(15-20-13-8-7-9-14-20)23(28)19(4)25(5)16-21(27)24-22-17(2)11-10-12-18(22)3/h7-14,19H,6,15-16H2,1-5H3,(H,24,27)/t19-/m0/s1. The molecule has 5 heteroatoms. The Balaban J connectivity index is 1.97. The number of amides is 2. The van der Waals surface area contributed by atoms with E-state index in [0.29, 0.717) is 13.1 Å². The summed E-state index contributed by atoms with van der Waals surface area (Å²) in [5, 5.41) is 2.98. The molecule has 0 saturated heterocycles. The Morgan fingerprint density at radius 2 is 1.61 bits per heavy atom. The molecule has 0 radical (unpaired) electrons. The number of carbonyl (C=O) groups excluding carboxylic acids is 2. The van der Waals surface area contributed by atoms with Gasteiger partial charge < -0.3 is 10.2 Å². The highest BCUT2D eigenvalue weighted by molar-refractivity contribution is 5.94. The third-order valence-corrected chi connectivity index (χ3v) is 5.07. The fourth-order valence-corrected chi connectivity index (χ4v) is 3.16. The van der Waals surface area contributed by atoms with Crippen LogP contribution in [0.4, 0.5) is 5.69 Å². The van der Waals surface area contributed by atoms with Crippen molar-refractivity contribution >= 4 is 17.5 Å². The second kappa shape index (κ2) is 10.0. The molecule has 0 aromatic heterocycles. The van der Waals surface area contributed by atoms with E-state index in [1.54, 1.807) is 4.90 Å². The number of rotatable bonds is 8. The van der Waals surface area contributed by atoms with Crippen LogP contribution >= 0.6 is 0 Å². The minimum Gasteiger partial charge on any atom is -0.337 e. The van der Waals surface area contributed by atoms with Gasteiger partial charge in [0, 0.05) is 18.8 Å². The third kappa shape index (κ3) is 5.67. The zero-order valence-corrected chi connectivity index (χ0v) is 17.5. The number of aryl methyl sites for hydroxylation is 2. The van der Waals surface area contributed by atoms with E-state index < -0.39 is 0 Å². The van der Waals surface area contributed by atoms with Gasteiger partial charge in [0.1, 0.15) is 0 Å². The highest BCUT2D eigenvalue weighted by Crippen LogP contribution is 2.19. The van der Waals surface area contributed by atoms with Gasteiger partial charge >= 0.3 is 0 Å². The van der Waals surface area contributed by atoms with E-state index in [4.69, 9.17) is 0 Å². The molecule has 2 aromatic carbocycles. The van der Waals surface area contributed by atoms with Crippen molar-refractivity contribution in [2.45, 2.75) is 40.3 Å². The predicted octanol–water partition coefficient (Wildman–Crippen LogP) is 3.61. The van der Waals surface area contributed by atoms with E-state index in [-0.39, 0.29) is 24.4 Å². The first-order valence-corrected chi connectivity index (χ1v) is 9.72. The molecule has 2 aromatic rings. The summed E-state index contributed by atoms with van der Waals surface area (Å²) in [5.74, 6) is -0.0978. The number of hydrogen-bond donors (Lipinski definition) is 1. The van der Waals surface area contributed by atoms with Crippen LogP contribution in [0.15, 0.2) is 48.5 Å². The summed E-state index contributed by atoms with van der Waals surface area (Å²) in [6, 6.07) is 15.5. The lowest BCUT2D eigenvalue weighted by atomic mass is 10.1. The summed E-state index contributed by atoms with van der Waals surface area (Å²) in [6.45, 7) is 9.12. The maximum atomic E-state index is 12.9. The average Bonchev–Trinajstić information content (AvgIpc) is 2.68. The number of likely N-dealkylation sites (N-methyl/N-ethyl adjacent to an activating group) is 2. The summed E-state index contributed by atoms with van der Waals surface area (Å²) >= 11 is 0. The molecule has 28 heavy (non-hydrogen) atoms. The van der Waals surface area contributed by atoms with Gasteiger partial charge in [0.25, 0.3) is 0 Å². The molecule has 2 rings (SSSR count). The van der Waals surface area contributed by atoms with Gasteiger partial charge in [-0.05, 0) is 51.4 Å². The van der Waals surface area contributed by atoms with Crippen LogP contribution in [-0.4, -0.2) is 47.8 Å². The van der Waals surface area contributed by atoms with E-state index in [1.807, 2.05) is 88.2 Å². The Bertz CT molecular complexity index is 784. The van der Waals surface area contributed by atoms with Crippen LogP contribution in [-0.2, 0) is 16.1 Å². The molecule has 0 saturated carbocycles. The van der Waals surface area contributed by atoms with Gasteiger partial charge in [-0.2, -0.15) is 0 Å². The van der Waals surface area contributed by atoms with Crippen LogP contribution in [0.1, 0.15) is 30.5 Å². The van der Waals surface area contributed by atoms with Gasteiger partial charge in [0.15, 0.2) is 0 Å². The fourth-order valence-electron chi connectivity index (χ4n) is 3.16. The maximum Gasteiger partial charge on any atom is 0.239 e. The van der Waals surface area contributed by atoms with Crippen molar-refractivity contribution in [2.75, 3.05) is 25.5 Å². The molecule has 0 unspecified atom stereocenters. The van der Waals surface area contributed by atoms with E-state index >= 15 is 0 Å². The van der Waals surface area contributed by atoms with Gasteiger partial charge in [0.05, 0.1) is 12.6 Å². The highest BCUT2D eigenvalue weighted by Gasteiger charge is 2.24. The van der Waals surface area contributed by atoms with Crippen LogP contribution in [0.25, 0.3) is 0 Å². The van der Waals surface area contributed by atoms with Crippen LogP contribution in [0.5, 0.6) is 0 Å². The summed E-state index contributed by atoms with van der Waals surface area (Å²) < 4.78 is 0. The molecule has 2 amide bonds. The number of nitrogens with zero attached hydrogens (tertiary/aromatic N) is 2. The number of para-hydroxylation sites is 1. The fraction of sp³-hybridized carbons (Fsp3) is 0.391. The topological polar surface area (TPSA) is 52.7 Å². The average molecular weight is 382 g/mol. The summed E-state index contributed by atoms with van der Waals surface area (Å²) in [5.41, 5.74) is 4.00. The molecule has 0 bridgehead atoms. The lowest BCUT2D eigenvalue weighted by Gasteiger charge is -2.29. The molecule has 5 nitrogen and oxygen atoms in total. The number of nitrogens with one attached hydrogen (secondary N) is 1. The largest absolute Gasteiger partial charge is 0.337 e. The molecular formula is C23H31N3O2. The number of hydrogen-bond acceptors (Lipinski definition) is 3. The van der Waals surface area contributed by atoms with Gasteiger partial charge in [-0.25, -0.2) is 0 Å². The van der Waals surface area contributed by atoms with E-state index in [9.17, 15) is 9.59 Å². The molecule has 0 aliphatic carbocycles. The first kappa shape index (κ1) is 21.6. The molecule has 0 aliphatic rings. The Kier molecular flexibility index (Phi) is 7.76. The minimum absolute atomic E-state index is 0.0220. The van der Waals surface area contributed by atoms with E-state index in [2.05, 4.69) is 5.32 Å². The van der Waals surface area contributed by atoms with E-state index in [0.717, 1.165) is 22.4 Å². The van der Waals surface area contributed by atoms with Crippen molar-refractivity contribution in [1.29, 1.82) is 0 Å². The predicted molar refractivity (Wildman–Crippen MR) is 114 cm³/mol. The number of benzene rings is 2. The third-order valence-electron chi connectivity index (χ3n) is 5.07. The molecule has 150 valence electrons. The van der Waals surface area contributed by atoms with Crippen molar-refractivity contribution in [1.82, 2.24) is 9.80 Å². The van der Waals surface area contributed by atoms with Crippen LogP contribution in [0.2, 0.25) is 0 Å². The number of anilines is 1. The minimum atomic E-state index is -0.382. The summed E-state index contributed by atoms with van der Waals surface area (Å²) in [7, 11) is 1.81. The lowest BCUT2D eigenvalue weighted by Crippen LogP contribution is -2.47. The first-order valence-electron chi connectivity index (χ1n) is 9.72. The quantitative estimate of drug-likeness (QED) is 0.760. The van der Waals surface area contributed by atoms with Gasteiger partial charge in [-0.3, -0.25) is 14.5 Å². The van der Waals surface area contributed by atoms with Gasteiger partial charge in [0.2, 0.25) is 11.8 Å². The first-order chi connectivity index (χ1) is 13.3. The zero-order valence-electron chi connectivity index (χ0n) is 17.5. The Hall–Kier alpha value is -2.66. The molecule has 0 spiro atoms. The van der Waals surface area contributed by atoms with Crippen molar-refractivity contribution in [3.63, 3.8) is 0 Å². The number of carbonyl (C=O) groups is 2. The Morgan fingerprint density at radius 3 is 2.18 bits per heavy atom. The molecular weight excluding hydrogens is 350 g/mol. The SMILES string of the molecule is CCN(Cc1ccccc1)C(=O)[C@H](C)N(C)CC(=O)Nc1c(C)cccc1C. The van der Waals surface area contributed by atoms with Crippen molar-refractivity contribution in [3.8, 4) is 0 Å². The second-order valence-electron chi connectivity index (χ2n) is 7.24. The van der Waals surface area contributed by atoms with Crippen molar-refractivity contribution in [2.24, 2.45) is 0 Å². The zero-order chi connectivity index (χ0) is 20.7. The summed E-state index contributed by atoms with van der Waals surface area (Å²) in [6.07, 6.45) is 0. The Morgan fingerprint density at radius 1 is 1.00 bits per heavy atom. The van der Waals surface area contributed by atoms with Gasteiger partial charge in [-0.15, -0.1) is 0 Å². The highest BCUT2D eigenvalue weighted by atomic mass is 16.2. The normalized spacial score (nSPS) is 11.9. The van der Waals surface area contributed by atoms with Crippen LogP contribution in [0, 0.1) is 13.8 Å². The summed E-state index contributed by atoms with van der Waals surface area (Å²) in [4.78, 5) is 29.0. The van der Waals surface area contributed by atoms with Crippen molar-refractivity contribution < 1.29 is 9.59 Å². The maximum absolute atomic E-state index is 12.9. The Labute approximate surface area is 168 Å². The van der Waals surface area contributed by atoms with Crippen LogP contribution < -0.4 is 5.32 Å². The molecule has 1 atom stereocenters. The smallest absolute Gasteiger partial charge is 0.239 e.